The third kappa shape index (κ3) is 4.41. The number of benzene rings is 1. The van der Waals surface area contributed by atoms with Crippen LogP contribution in [0, 0.1) is 0 Å². The molecule has 24 heavy (non-hydrogen) atoms. The summed E-state index contributed by atoms with van der Waals surface area (Å²) in [5.74, 6) is 1.06. The lowest BCUT2D eigenvalue weighted by molar-refractivity contribution is 0.0725. The molecule has 0 aliphatic carbocycles. The molecule has 6 nitrogen and oxygen atoms in total. The zero-order chi connectivity index (χ0) is 17.7. The Morgan fingerprint density at radius 2 is 1.71 bits per heavy atom. The molecule has 0 spiro atoms. The van der Waals surface area contributed by atoms with Crippen LogP contribution in [0.5, 0.6) is 11.5 Å². The molecule has 1 amide bonds. The molecule has 0 saturated carbocycles. The van der Waals surface area contributed by atoms with E-state index in [0.717, 1.165) is 0 Å². The summed E-state index contributed by atoms with van der Waals surface area (Å²) in [5.41, 5.74) is 0.528. The van der Waals surface area contributed by atoms with Crippen molar-refractivity contribution in [2.45, 2.75) is 31.9 Å². The van der Waals surface area contributed by atoms with Crippen LogP contribution in [-0.4, -0.2) is 57.0 Å². The fourth-order valence-corrected chi connectivity index (χ4v) is 3.92. The summed E-state index contributed by atoms with van der Waals surface area (Å²) >= 11 is 0. The summed E-state index contributed by atoms with van der Waals surface area (Å²) in [6, 6.07) is 5.16. The van der Waals surface area contributed by atoms with Gasteiger partial charge in [-0.3, -0.25) is 4.79 Å². The number of piperidine rings is 1. The van der Waals surface area contributed by atoms with Gasteiger partial charge < -0.3 is 14.4 Å². The molecule has 134 valence electrons. The SMILES string of the molecule is CCOc1ccc(C(=O)N2CCC(S(C)(=O)=O)CC2)cc1OCC. The Bertz CT molecular complexity index is 678. The molecule has 1 aromatic carbocycles. The molecular formula is C17H25NO5S. The smallest absolute Gasteiger partial charge is 0.253 e. The molecule has 1 aromatic rings. The van der Waals surface area contributed by atoms with E-state index in [0.29, 0.717) is 56.2 Å². The third-order valence-electron chi connectivity index (χ3n) is 4.13. The van der Waals surface area contributed by atoms with Gasteiger partial charge in [0.1, 0.15) is 9.84 Å². The molecule has 2 rings (SSSR count). The second-order valence-electron chi connectivity index (χ2n) is 5.85. The molecule has 1 fully saturated rings. The van der Waals surface area contributed by atoms with Crippen LogP contribution in [-0.2, 0) is 9.84 Å². The maximum Gasteiger partial charge on any atom is 0.253 e. The molecule has 1 heterocycles. The van der Waals surface area contributed by atoms with Gasteiger partial charge in [-0.05, 0) is 44.9 Å². The highest BCUT2D eigenvalue weighted by Crippen LogP contribution is 2.29. The summed E-state index contributed by atoms with van der Waals surface area (Å²) in [6.07, 6.45) is 2.23. The maximum absolute atomic E-state index is 12.7. The molecule has 0 aromatic heterocycles. The Balaban J connectivity index is 2.11. The summed E-state index contributed by atoms with van der Waals surface area (Å²) in [4.78, 5) is 14.4. The summed E-state index contributed by atoms with van der Waals surface area (Å²) in [6.45, 7) is 5.67. The number of hydrogen-bond donors (Lipinski definition) is 0. The molecule has 0 unspecified atom stereocenters. The van der Waals surface area contributed by atoms with Crippen molar-refractivity contribution < 1.29 is 22.7 Å². The lowest BCUT2D eigenvalue weighted by Crippen LogP contribution is -2.42. The van der Waals surface area contributed by atoms with Crippen LogP contribution < -0.4 is 9.47 Å². The van der Waals surface area contributed by atoms with E-state index in [2.05, 4.69) is 0 Å². The quantitative estimate of drug-likeness (QED) is 0.782. The lowest BCUT2D eigenvalue weighted by Gasteiger charge is -2.31. The number of carbonyl (C=O) groups excluding carboxylic acids is 1. The molecule has 1 saturated heterocycles. The zero-order valence-electron chi connectivity index (χ0n) is 14.4. The number of ether oxygens (including phenoxy) is 2. The van der Waals surface area contributed by atoms with Gasteiger partial charge in [-0.1, -0.05) is 0 Å². The first-order chi connectivity index (χ1) is 11.4. The Morgan fingerprint density at radius 1 is 1.12 bits per heavy atom. The van der Waals surface area contributed by atoms with Crippen molar-refractivity contribution in [3.63, 3.8) is 0 Å². The molecule has 0 radical (unpaired) electrons. The van der Waals surface area contributed by atoms with E-state index in [1.54, 1.807) is 23.1 Å². The number of nitrogens with zero attached hydrogens (tertiary/aromatic N) is 1. The van der Waals surface area contributed by atoms with Gasteiger partial charge >= 0.3 is 0 Å². The van der Waals surface area contributed by atoms with Crippen LogP contribution in [0.1, 0.15) is 37.0 Å². The predicted octanol–water partition coefficient (Wildman–Crippen LogP) is 2.13. The van der Waals surface area contributed by atoms with Crippen molar-refractivity contribution >= 4 is 15.7 Å². The van der Waals surface area contributed by atoms with Crippen LogP contribution in [0.2, 0.25) is 0 Å². The Kier molecular flexibility index (Phi) is 6.10. The second kappa shape index (κ2) is 7.88. The molecule has 0 N–H and O–H groups in total. The molecule has 1 aliphatic rings. The summed E-state index contributed by atoms with van der Waals surface area (Å²) < 4.78 is 34.3. The van der Waals surface area contributed by atoms with Gasteiger partial charge in [0, 0.05) is 24.9 Å². The Morgan fingerprint density at radius 3 is 2.25 bits per heavy atom. The van der Waals surface area contributed by atoms with Crippen molar-refractivity contribution in [1.82, 2.24) is 4.90 Å². The normalized spacial score (nSPS) is 16.0. The highest BCUT2D eigenvalue weighted by atomic mass is 32.2. The minimum absolute atomic E-state index is 0.106. The van der Waals surface area contributed by atoms with E-state index >= 15 is 0 Å². The van der Waals surface area contributed by atoms with E-state index in [4.69, 9.17) is 9.47 Å². The molecular weight excluding hydrogens is 330 g/mol. The summed E-state index contributed by atoms with van der Waals surface area (Å²) in [7, 11) is -3.04. The van der Waals surface area contributed by atoms with Gasteiger partial charge in [0.2, 0.25) is 0 Å². The van der Waals surface area contributed by atoms with Crippen molar-refractivity contribution in [3.8, 4) is 11.5 Å². The third-order valence-corrected chi connectivity index (χ3v) is 5.81. The first-order valence-corrected chi connectivity index (χ1v) is 10.2. The zero-order valence-corrected chi connectivity index (χ0v) is 15.3. The fourth-order valence-electron chi connectivity index (χ4n) is 2.85. The van der Waals surface area contributed by atoms with Crippen LogP contribution in [0.25, 0.3) is 0 Å². The average Bonchev–Trinajstić information content (AvgIpc) is 2.55. The first-order valence-electron chi connectivity index (χ1n) is 8.24. The number of amides is 1. The van der Waals surface area contributed by atoms with Gasteiger partial charge in [-0.15, -0.1) is 0 Å². The fraction of sp³-hybridized carbons (Fsp3) is 0.588. The van der Waals surface area contributed by atoms with Gasteiger partial charge in [0.05, 0.1) is 18.5 Å². The number of rotatable bonds is 6. The minimum atomic E-state index is -3.04. The van der Waals surface area contributed by atoms with Gasteiger partial charge in [-0.25, -0.2) is 8.42 Å². The van der Waals surface area contributed by atoms with Gasteiger partial charge in [-0.2, -0.15) is 0 Å². The van der Waals surface area contributed by atoms with Crippen LogP contribution in [0.4, 0.5) is 0 Å². The Hall–Kier alpha value is -1.76. The van der Waals surface area contributed by atoms with Crippen molar-refractivity contribution in [2.75, 3.05) is 32.6 Å². The standard InChI is InChI=1S/C17H25NO5S/c1-4-22-15-7-6-13(12-16(15)23-5-2)17(19)18-10-8-14(9-11-18)24(3,20)21/h6-7,12,14H,4-5,8-11H2,1-3H3. The van der Waals surface area contributed by atoms with E-state index in [9.17, 15) is 13.2 Å². The van der Waals surface area contributed by atoms with Gasteiger partial charge in [0.15, 0.2) is 11.5 Å². The van der Waals surface area contributed by atoms with Crippen LogP contribution in [0.3, 0.4) is 0 Å². The van der Waals surface area contributed by atoms with Crippen molar-refractivity contribution in [2.24, 2.45) is 0 Å². The highest BCUT2D eigenvalue weighted by molar-refractivity contribution is 7.91. The topological polar surface area (TPSA) is 72.9 Å². The van der Waals surface area contributed by atoms with E-state index in [1.807, 2.05) is 13.8 Å². The Labute approximate surface area is 143 Å². The lowest BCUT2D eigenvalue weighted by atomic mass is 10.1. The van der Waals surface area contributed by atoms with Gasteiger partial charge in [0.25, 0.3) is 5.91 Å². The number of likely N-dealkylation sites (tertiary alicyclic amines) is 1. The van der Waals surface area contributed by atoms with Crippen LogP contribution >= 0.6 is 0 Å². The van der Waals surface area contributed by atoms with E-state index in [-0.39, 0.29) is 11.2 Å². The first kappa shape index (κ1) is 18.6. The second-order valence-corrected chi connectivity index (χ2v) is 8.17. The molecule has 7 heteroatoms. The van der Waals surface area contributed by atoms with E-state index < -0.39 is 9.84 Å². The van der Waals surface area contributed by atoms with Crippen molar-refractivity contribution in [3.05, 3.63) is 23.8 Å². The maximum atomic E-state index is 12.7. The average molecular weight is 355 g/mol. The number of sulfone groups is 1. The largest absolute Gasteiger partial charge is 0.490 e. The minimum Gasteiger partial charge on any atom is -0.490 e. The number of carbonyl (C=O) groups is 1. The summed E-state index contributed by atoms with van der Waals surface area (Å²) in [5, 5.41) is -0.346. The monoisotopic (exact) mass is 355 g/mol. The number of hydrogen-bond acceptors (Lipinski definition) is 5. The van der Waals surface area contributed by atoms with Crippen molar-refractivity contribution in [1.29, 1.82) is 0 Å². The predicted molar refractivity (Wildman–Crippen MR) is 92.5 cm³/mol. The molecule has 1 aliphatic heterocycles. The van der Waals surface area contributed by atoms with E-state index in [1.165, 1.54) is 6.26 Å². The molecule has 0 bridgehead atoms. The highest BCUT2D eigenvalue weighted by Gasteiger charge is 2.29. The molecule has 0 atom stereocenters. The van der Waals surface area contributed by atoms with Crippen LogP contribution in [0.15, 0.2) is 18.2 Å².